The smallest absolute Gasteiger partial charge is 0.378 e. The summed E-state index contributed by atoms with van der Waals surface area (Å²) in [5.74, 6) is -5.10. The van der Waals surface area contributed by atoms with E-state index in [4.69, 9.17) is 15.9 Å². The summed E-state index contributed by atoms with van der Waals surface area (Å²) in [5, 5.41) is 36.1. The summed E-state index contributed by atoms with van der Waals surface area (Å²) in [4.78, 5) is 33.1. The SMILES string of the molecule is N[C@@H](CCC(=O)OC1=C(O)C(=O)O[C@@H]1[C@@H](O)CO)C(=O)O. The topological polar surface area (TPSA) is 177 Å². The van der Waals surface area contributed by atoms with E-state index < -0.39 is 54.3 Å². The molecule has 6 N–H and O–H groups in total. The number of aliphatic carboxylic acids is 1. The Hall–Kier alpha value is -2.17. The average Bonchev–Trinajstić information content (AvgIpc) is 2.72. The second kappa shape index (κ2) is 7.02. The molecule has 0 saturated heterocycles. The van der Waals surface area contributed by atoms with Crippen LogP contribution in [-0.4, -0.2) is 63.2 Å². The summed E-state index contributed by atoms with van der Waals surface area (Å²) in [6.45, 7) is -0.795. The minimum atomic E-state index is -1.58. The summed E-state index contributed by atoms with van der Waals surface area (Å²) in [5.41, 5.74) is 5.20. The van der Waals surface area contributed by atoms with Gasteiger partial charge in [0, 0.05) is 6.42 Å². The van der Waals surface area contributed by atoms with Crippen LogP contribution in [0.3, 0.4) is 0 Å². The monoisotopic (exact) mass is 305 g/mol. The van der Waals surface area contributed by atoms with Gasteiger partial charge in [-0.2, -0.15) is 0 Å². The minimum Gasteiger partial charge on any atom is -0.499 e. The van der Waals surface area contributed by atoms with Crippen LogP contribution in [-0.2, 0) is 23.9 Å². The van der Waals surface area contributed by atoms with Crippen LogP contribution >= 0.6 is 0 Å². The first-order valence-corrected chi connectivity index (χ1v) is 5.90. The number of ether oxygens (including phenoxy) is 2. The van der Waals surface area contributed by atoms with Crippen molar-refractivity contribution >= 4 is 17.9 Å². The standard InChI is InChI=1S/C11H15NO9/c12-4(10(17)18)1-2-6(15)20-9-7(16)11(19)21-8(9)5(14)3-13/h4-5,8,13-14,16H,1-3,12H2,(H,17,18)/t4-,5-,8+/m0/s1. The van der Waals surface area contributed by atoms with Crippen LogP contribution in [0.15, 0.2) is 11.5 Å². The van der Waals surface area contributed by atoms with Crippen molar-refractivity contribution in [1.82, 2.24) is 0 Å². The van der Waals surface area contributed by atoms with E-state index >= 15 is 0 Å². The molecule has 10 nitrogen and oxygen atoms in total. The Labute approximate surface area is 118 Å². The molecule has 0 aromatic carbocycles. The summed E-state index contributed by atoms with van der Waals surface area (Å²) in [6, 6.07) is -1.26. The van der Waals surface area contributed by atoms with E-state index in [9.17, 15) is 24.6 Å². The van der Waals surface area contributed by atoms with E-state index in [2.05, 4.69) is 9.47 Å². The molecular weight excluding hydrogens is 290 g/mol. The number of carbonyl (C=O) groups is 3. The van der Waals surface area contributed by atoms with Crippen molar-refractivity contribution in [3.05, 3.63) is 11.5 Å². The first kappa shape index (κ1) is 16.9. The Morgan fingerprint density at radius 1 is 1.43 bits per heavy atom. The number of rotatable bonds is 7. The molecule has 0 amide bonds. The largest absolute Gasteiger partial charge is 0.499 e. The molecule has 21 heavy (non-hydrogen) atoms. The molecule has 0 saturated carbocycles. The zero-order valence-corrected chi connectivity index (χ0v) is 10.8. The van der Waals surface area contributed by atoms with Gasteiger partial charge >= 0.3 is 17.9 Å². The van der Waals surface area contributed by atoms with Crippen LogP contribution in [0.5, 0.6) is 0 Å². The second-order valence-corrected chi connectivity index (χ2v) is 4.25. The van der Waals surface area contributed by atoms with Gasteiger partial charge in [0.2, 0.25) is 11.5 Å². The lowest BCUT2D eigenvalue weighted by Gasteiger charge is -2.17. The first-order valence-electron chi connectivity index (χ1n) is 5.90. The molecule has 0 spiro atoms. The van der Waals surface area contributed by atoms with Crippen LogP contribution in [0.25, 0.3) is 0 Å². The summed E-state index contributed by atoms with van der Waals surface area (Å²) in [6.07, 6.45) is -3.70. The summed E-state index contributed by atoms with van der Waals surface area (Å²) >= 11 is 0. The molecule has 0 radical (unpaired) electrons. The zero-order valence-electron chi connectivity index (χ0n) is 10.8. The van der Waals surface area contributed by atoms with Crippen LogP contribution in [0.4, 0.5) is 0 Å². The molecule has 1 rings (SSSR count). The van der Waals surface area contributed by atoms with Crippen molar-refractivity contribution in [2.24, 2.45) is 5.73 Å². The van der Waals surface area contributed by atoms with Gasteiger partial charge in [-0.1, -0.05) is 0 Å². The van der Waals surface area contributed by atoms with Crippen molar-refractivity contribution in [2.75, 3.05) is 6.61 Å². The third-order valence-electron chi connectivity index (χ3n) is 2.66. The molecule has 10 heteroatoms. The molecule has 0 aliphatic carbocycles. The number of carbonyl (C=O) groups excluding carboxylic acids is 2. The van der Waals surface area contributed by atoms with E-state index in [0.717, 1.165) is 0 Å². The molecule has 1 aliphatic heterocycles. The van der Waals surface area contributed by atoms with Gasteiger partial charge < -0.3 is 35.6 Å². The highest BCUT2D eigenvalue weighted by atomic mass is 16.6. The fourth-order valence-corrected chi connectivity index (χ4v) is 1.49. The number of carboxylic acids is 1. The summed E-state index contributed by atoms with van der Waals surface area (Å²) in [7, 11) is 0. The Kier molecular flexibility index (Phi) is 5.64. The van der Waals surface area contributed by atoms with E-state index in [1.54, 1.807) is 0 Å². The Morgan fingerprint density at radius 3 is 2.57 bits per heavy atom. The number of esters is 2. The van der Waals surface area contributed by atoms with Gasteiger partial charge in [0.25, 0.3) is 0 Å². The van der Waals surface area contributed by atoms with Gasteiger partial charge in [0.05, 0.1) is 6.61 Å². The predicted octanol–water partition coefficient (Wildman–Crippen LogP) is -2.23. The van der Waals surface area contributed by atoms with Gasteiger partial charge in [-0.05, 0) is 6.42 Å². The fraction of sp³-hybridized carbons (Fsp3) is 0.545. The van der Waals surface area contributed by atoms with Crippen molar-refractivity contribution in [1.29, 1.82) is 0 Å². The highest BCUT2D eigenvalue weighted by Gasteiger charge is 2.41. The highest BCUT2D eigenvalue weighted by molar-refractivity contribution is 5.90. The van der Waals surface area contributed by atoms with Crippen molar-refractivity contribution in [2.45, 2.75) is 31.1 Å². The second-order valence-electron chi connectivity index (χ2n) is 4.25. The van der Waals surface area contributed by atoms with Crippen LogP contribution in [0.2, 0.25) is 0 Å². The van der Waals surface area contributed by atoms with Crippen LogP contribution in [0, 0.1) is 0 Å². The predicted molar refractivity (Wildman–Crippen MR) is 63.6 cm³/mol. The minimum absolute atomic E-state index is 0.218. The van der Waals surface area contributed by atoms with Crippen LogP contribution < -0.4 is 5.73 Å². The van der Waals surface area contributed by atoms with E-state index in [-0.39, 0.29) is 12.8 Å². The van der Waals surface area contributed by atoms with Crippen molar-refractivity contribution in [3.8, 4) is 0 Å². The number of aliphatic hydroxyl groups excluding tert-OH is 3. The number of carboxylic acid groups (broad SMARTS) is 1. The summed E-state index contributed by atoms with van der Waals surface area (Å²) < 4.78 is 9.22. The van der Waals surface area contributed by atoms with Gasteiger partial charge in [0.15, 0.2) is 6.10 Å². The highest BCUT2D eigenvalue weighted by Crippen LogP contribution is 2.25. The third-order valence-corrected chi connectivity index (χ3v) is 2.66. The van der Waals surface area contributed by atoms with Gasteiger partial charge in [-0.15, -0.1) is 0 Å². The molecule has 118 valence electrons. The van der Waals surface area contributed by atoms with Gasteiger partial charge in [-0.3, -0.25) is 9.59 Å². The number of aliphatic hydroxyl groups is 3. The quantitative estimate of drug-likeness (QED) is 0.323. The maximum Gasteiger partial charge on any atom is 0.378 e. The first-order chi connectivity index (χ1) is 9.77. The third kappa shape index (κ3) is 4.15. The number of nitrogens with two attached hydrogens (primary N) is 1. The maximum atomic E-state index is 11.5. The number of hydrogen-bond acceptors (Lipinski definition) is 9. The molecular formula is C11H15NO9. The van der Waals surface area contributed by atoms with E-state index in [1.807, 2.05) is 0 Å². The van der Waals surface area contributed by atoms with Crippen molar-refractivity contribution in [3.63, 3.8) is 0 Å². The molecule has 3 atom stereocenters. The normalized spacial score (nSPS) is 20.9. The average molecular weight is 305 g/mol. The van der Waals surface area contributed by atoms with Gasteiger partial charge in [-0.25, -0.2) is 4.79 Å². The van der Waals surface area contributed by atoms with Crippen LogP contribution in [0.1, 0.15) is 12.8 Å². The molecule has 1 aliphatic rings. The molecule has 1 heterocycles. The maximum absolute atomic E-state index is 11.5. The number of cyclic esters (lactones) is 1. The lowest BCUT2D eigenvalue weighted by Crippen LogP contribution is -2.33. The molecule has 0 unspecified atom stereocenters. The molecule has 0 fully saturated rings. The number of hydrogen-bond donors (Lipinski definition) is 5. The van der Waals surface area contributed by atoms with Crippen molar-refractivity contribution < 1.29 is 44.3 Å². The Balaban J connectivity index is 2.68. The molecule has 0 bridgehead atoms. The lowest BCUT2D eigenvalue weighted by atomic mass is 10.1. The molecule has 0 aromatic rings. The Morgan fingerprint density at radius 2 is 2.05 bits per heavy atom. The molecule has 0 aromatic heterocycles. The Bertz CT molecular complexity index is 472. The fourth-order valence-electron chi connectivity index (χ4n) is 1.49. The van der Waals surface area contributed by atoms with E-state index in [0.29, 0.717) is 0 Å². The zero-order chi connectivity index (χ0) is 16.2. The lowest BCUT2D eigenvalue weighted by molar-refractivity contribution is -0.151. The van der Waals surface area contributed by atoms with E-state index in [1.165, 1.54) is 0 Å². The van der Waals surface area contributed by atoms with Gasteiger partial charge in [0.1, 0.15) is 12.1 Å².